The van der Waals surface area contributed by atoms with Gasteiger partial charge < -0.3 is 14.6 Å². The number of hydrogen-bond donors (Lipinski definition) is 1. The summed E-state index contributed by atoms with van der Waals surface area (Å²) in [4.78, 5) is 0. The highest BCUT2D eigenvalue weighted by Gasteiger charge is 2.16. The van der Waals surface area contributed by atoms with Crippen LogP contribution in [-0.4, -0.2) is 19.3 Å². The Labute approximate surface area is 127 Å². The van der Waals surface area contributed by atoms with Gasteiger partial charge in [0, 0.05) is 23.1 Å². The topological polar surface area (TPSA) is 38.7 Å². The summed E-state index contributed by atoms with van der Waals surface area (Å²) in [6, 6.07) is 9.22. The van der Waals surface area contributed by atoms with Gasteiger partial charge in [0.05, 0.1) is 20.3 Å². The fourth-order valence-corrected chi connectivity index (χ4v) is 2.31. The zero-order valence-electron chi connectivity index (χ0n) is 11.8. The second-order valence-electron chi connectivity index (χ2n) is 4.56. The second-order valence-corrected chi connectivity index (χ2v) is 4.97. The normalized spacial score (nSPS) is 12.0. The Morgan fingerprint density at radius 1 is 1.14 bits per heavy atom. The molecule has 0 spiro atoms. The molecule has 0 aromatic heterocycles. The lowest BCUT2D eigenvalue weighted by atomic mass is 10.0. The molecule has 0 heterocycles. The minimum absolute atomic E-state index is 0.194. The molecule has 0 aliphatic heterocycles. The summed E-state index contributed by atoms with van der Waals surface area (Å²) in [6.45, 7) is 0. The van der Waals surface area contributed by atoms with Gasteiger partial charge in [0.2, 0.25) is 0 Å². The molecule has 21 heavy (non-hydrogen) atoms. The maximum absolute atomic E-state index is 13.3. The monoisotopic (exact) mass is 310 g/mol. The first kappa shape index (κ1) is 15.6. The van der Waals surface area contributed by atoms with Gasteiger partial charge in [0.1, 0.15) is 17.3 Å². The minimum atomic E-state index is -0.856. The average molecular weight is 311 g/mol. The highest BCUT2D eigenvalue weighted by molar-refractivity contribution is 6.31. The van der Waals surface area contributed by atoms with Crippen LogP contribution >= 0.6 is 11.6 Å². The predicted octanol–water partition coefficient (Wildman–Crippen LogP) is 3.77. The molecule has 0 bridgehead atoms. The van der Waals surface area contributed by atoms with Crippen molar-refractivity contribution >= 4 is 11.6 Å². The highest BCUT2D eigenvalue weighted by Crippen LogP contribution is 2.32. The van der Waals surface area contributed by atoms with Crippen LogP contribution in [-0.2, 0) is 6.42 Å². The van der Waals surface area contributed by atoms with Crippen molar-refractivity contribution in [2.75, 3.05) is 14.2 Å². The molecule has 112 valence electrons. The molecule has 2 rings (SSSR count). The zero-order chi connectivity index (χ0) is 15.4. The van der Waals surface area contributed by atoms with E-state index in [-0.39, 0.29) is 12.2 Å². The van der Waals surface area contributed by atoms with E-state index >= 15 is 0 Å². The number of ether oxygens (including phenoxy) is 2. The summed E-state index contributed by atoms with van der Waals surface area (Å²) in [7, 11) is 3.07. The number of rotatable bonds is 5. The lowest BCUT2D eigenvalue weighted by molar-refractivity contribution is 0.174. The SMILES string of the molecule is COc1ccc(C(O)Cc2cc(F)ccc2Cl)c(OC)c1. The van der Waals surface area contributed by atoms with E-state index in [9.17, 15) is 9.50 Å². The Kier molecular flexibility index (Phi) is 5.04. The maximum Gasteiger partial charge on any atom is 0.128 e. The van der Waals surface area contributed by atoms with E-state index in [1.807, 2.05) is 0 Å². The van der Waals surface area contributed by atoms with Gasteiger partial charge in [-0.1, -0.05) is 11.6 Å². The molecular formula is C16H16ClFO3. The van der Waals surface area contributed by atoms with Gasteiger partial charge >= 0.3 is 0 Å². The van der Waals surface area contributed by atoms with Crippen molar-refractivity contribution in [1.82, 2.24) is 0 Å². The van der Waals surface area contributed by atoms with E-state index in [1.165, 1.54) is 25.3 Å². The summed E-state index contributed by atoms with van der Waals surface area (Å²) < 4.78 is 23.6. The third kappa shape index (κ3) is 3.65. The van der Waals surface area contributed by atoms with Crippen LogP contribution in [0.2, 0.25) is 5.02 Å². The van der Waals surface area contributed by atoms with Crippen molar-refractivity contribution in [3.05, 3.63) is 58.4 Å². The molecule has 0 amide bonds. The summed E-state index contributed by atoms with van der Waals surface area (Å²) in [5.74, 6) is 0.754. The van der Waals surface area contributed by atoms with Crippen LogP contribution < -0.4 is 9.47 Å². The predicted molar refractivity (Wildman–Crippen MR) is 79.6 cm³/mol. The van der Waals surface area contributed by atoms with Crippen LogP contribution in [0.15, 0.2) is 36.4 Å². The Morgan fingerprint density at radius 2 is 1.90 bits per heavy atom. The van der Waals surface area contributed by atoms with E-state index in [0.29, 0.717) is 27.6 Å². The Hall–Kier alpha value is -1.78. The highest BCUT2D eigenvalue weighted by atomic mass is 35.5. The lowest BCUT2D eigenvalue weighted by Gasteiger charge is -2.16. The Bertz CT molecular complexity index is 631. The molecule has 5 heteroatoms. The third-order valence-electron chi connectivity index (χ3n) is 3.22. The van der Waals surface area contributed by atoms with Gasteiger partial charge in [0.15, 0.2) is 0 Å². The zero-order valence-corrected chi connectivity index (χ0v) is 12.5. The van der Waals surface area contributed by atoms with Crippen molar-refractivity contribution in [3.63, 3.8) is 0 Å². The van der Waals surface area contributed by atoms with E-state index in [1.54, 1.807) is 25.3 Å². The molecule has 0 fully saturated rings. The molecule has 0 radical (unpaired) electrons. The van der Waals surface area contributed by atoms with Crippen LogP contribution in [0.4, 0.5) is 4.39 Å². The van der Waals surface area contributed by atoms with E-state index in [4.69, 9.17) is 21.1 Å². The molecule has 2 aromatic rings. The number of methoxy groups -OCH3 is 2. The molecule has 3 nitrogen and oxygen atoms in total. The van der Waals surface area contributed by atoms with Gasteiger partial charge in [0.25, 0.3) is 0 Å². The average Bonchev–Trinajstić information content (AvgIpc) is 2.50. The first-order valence-corrected chi connectivity index (χ1v) is 6.77. The van der Waals surface area contributed by atoms with Crippen molar-refractivity contribution in [2.45, 2.75) is 12.5 Å². The third-order valence-corrected chi connectivity index (χ3v) is 3.59. The fraction of sp³-hybridized carbons (Fsp3) is 0.250. The molecule has 1 atom stereocenters. The summed E-state index contributed by atoms with van der Waals surface area (Å²) in [6.07, 6.45) is -0.663. The van der Waals surface area contributed by atoms with Crippen molar-refractivity contribution in [2.24, 2.45) is 0 Å². The fourth-order valence-electron chi connectivity index (χ4n) is 2.11. The second kappa shape index (κ2) is 6.78. The van der Waals surface area contributed by atoms with Crippen molar-refractivity contribution in [3.8, 4) is 11.5 Å². The largest absolute Gasteiger partial charge is 0.497 e. The first-order chi connectivity index (χ1) is 10.0. The standard InChI is InChI=1S/C16H16ClFO3/c1-20-12-4-5-13(16(9-12)21-2)15(19)8-10-7-11(18)3-6-14(10)17/h3-7,9,15,19H,8H2,1-2H3. The number of aliphatic hydroxyl groups is 1. The van der Waals surface area contributed by atoms with Crippen LogP contribution in [0.3, 0.4) is 0 Å². The number of aliphatic hydroxyl groups excluding tert-OH is 1. The molecule has 1 N–H and O–H groups in total. The molecule has 2 aromatic carbocycles. The smallest absolute Gasteiger partial charge is 0.128 e. The van der Waals surface area contributed by atoms with E-state index in [0.717, 1.165) is 0 Å². The summed E-state index contributed by atoms with van der Waals surface area (Å²) >= 11 is 6.02. The number of benzene rings is 2. The summed E-state index contributed by atoms with van der Waals surface area (Å²) in [5.41, 5.74) is 1.14. The van der Waals surface area contributed by atoms with Crippen molar-refractivity contribution in [1.29, 1.82) is 0 Å². The van der Waals surface area contributed by atoms with Crippen LogP contribution in [0.1, 0.15) is 17.2 Å². The van der Waals surface area contributed by atoms with Gasteiger partial charge in [-0.2, -0.15) is 0 Å². The first-order valence-electron chi connectivity index (χ1n) is 6.39. The van der Waals surface area contributed by atoms with Gasteiger partial charge in [-0.25, -0.2) is 4.39 Å². The Morgan fingerprint density at radius 3 is 2.57 bits per heavy atom. The summed E-state index contributed by atoms with van der Waals surface area (Å²) in [5, 5.41) is 10.8. The molecular weight excluding hydrogens is 295 g/mol. The van der Waals surface area contributed by atoms with E-state index < -0.39 is 6.10 Å². The molecule has 0 aliphatic rings. The Balaban J connectivity index is 2.27. The lowest BCUT2D eigenvalue weighted by Crippen LogP contribution is -2.05. The number of hydrogen-bond acceptors (Lipinski definition) is 3. The van der Waals surface area contributed by atoms with Crippen LogP contribution in [0, 0.1) is 5.82 Å². The van der Waals surface area contributed by atoms with E-state index in [2.05, 4.69) is 0 Å². The van der Waals surface area contributed by atoms with Gasteiger partial charge in [-0.05, 0) is 35.9 Å². The van der Waals surface area contributed by atoms with Crippen LogP contribution in [0.5, 0.6) is 11.5 Å². The number of halogens is 2. The molecule has 1 unspecified atom stereocenters. The van der Waals surface area contributed by atoms with Crippen molar-refractivity contribution < 1.29 is 19.0 Å². The maximum atomic E-state index is 13.3. The molecule has 0 saturated heterocycles. The quantitative estimate of drug-likeness (QED) is 0.913. The molecule has 0 saturated carbocycles. The van der Waals surface area contributed by atoms with Gasteiger partial charge in [-0.15, -0.1) is 0 Å². The minimum Gasteiger partial charge on any atom is -0.497 e. The molecule has 0 aliphatic carbocycles. The van der Waals surface area contributed by atoms with Gasteiger partial charge in [-0.3, -0.25) is 0 Å². The van der Waals surface area contributed by atoms with Crippen LogP contribution in [0.25, 0.3) is 0 Å².